The van der Waals surface area contributed by atoms with Gasteiger partial charge in [0.1, 0.15) is 5.01 Å². The van der Waals surface area contributed by atoms with Gasteiger partial charge in [0.05, 0.1) is 17.8 Å². The quantitative estimate of drug-likeness (QED) is 0.861. The van der Waals surface area contributed by atoms with Crippen LogP contribution in [0.1, 0.15) is 23.2 Å². The van der Waals surface area contributed by atoms with Crippen molar-refractivity contribution < 1.29 is 4.74 Å². The van der Waals surface area contributed by atoms with Crippen LogP contribution in [0, 0.1) is 0 Å². The summed E-state index contributed by atoms with van der Waals surface area (Å²) in [6.45, 7) is 1.85. The van der Waals surface area contributed by atoms with Crippen LogP contribution in [0.2, 0.25) is 0 Å². The van der Waals surface area contributed by atoms with E-state index < -0.39 is 0 Å². The molecular formula is C11H19N3OS. The van der Waals surface area contributed by atoms with E-state index in [9.17, 15) is 0 Å². The fourth-order valence-electron chi connectivity index (χ4n) is 1.94. The maximum Gasteiger partial charge on any atom is 0.107 e. The summed E-state index contributed by atoms with van der Waals surface area (Å²) in [5.41, 5.74) is 1.17. The van der Waals surface area contributed by atoms with E-state index in [-0.39, 0.29) is 0 Å². The Balaban J connectivity index is 1.97. The summed E-state index contributed by atoms with van der Waals surface area (Å²) >= 11 is 1.74. The first kappa shape index (κ1) is 12.0. The van der Waals surface area contributed by atoms with Gasteiger partial charge in [0.15, 0.2) is 0 Å². The molecule has 1 aromatic rings. The highest BCUT2D eigenvalue weighted by Crippen LogP contribution is 2.26. The van der Waals surface area contributed by atoms with Crippen molar-refractivity contribution in [3.63, 3.8) is 0 Å². The minimum Gasteiger partial charge on any atom is -0.380 e. The highest BCUT2D eigenvalue weighted by Gasteiger charge is 2.26. The van der Waals surface area contributed by atoms with Crippen molar-refractivity contribution in [3.05, 3.63) is 16.1 Å². The molecule has 2 atom stereocenters. The lowest BCUT2D eigenvalue weighted by Gasteiger charge is -2.07. The zero-order valence-electron chi connectivity index (χ0n) is 10.1. The van der Waals surface area contributed by atoms with Crippen molar-refractivity contribution in [1.29, 1.82) is 0 Å². The summed E-state index contributed by atoms with van der Waals surface area (Å²) in [4.78, 5) is 6.80. The summed E-state index contributed by atoms with van der Waals surface area (Å²) in [5.74, 6) is 0. The average molecular weight is 241 g/mol. The van der Waals surface area contributed by atoms with Crippen LogP contribution in [-0.4, -0.2) is 43.7 Å². The first-order valence-electron chi connectivity index (χ1n) is 5.54. The number of nitrogens with one attached hydrogen (secondary N) is 1. The van der Waals surface area contributed by atoms with Gasteiger partial charge in [-0.2, -0.15) is 0 Å². The number of nitrogens with zero attached hydrogens (tertiary/aromatic N) is 2. The van der Waals surface area contributed by atoms with E-state index in [2.05, 4.69) is 34.7 Å². The van der Waals surface area contributed by atoms with E-state index in [1.807, 2.05) is 0 Å². The van der Waals surface area contributed by atoms with Crippen LogP contribution >= 0.6 is 11.3 Å². The molecule has 2 heterocycles. The van der Waals surface area contributed by atoms with Gasteiger partial charge in [0, 0.05) is 25.6 Å². The fourth-order valence-corrected chi connectivity index (χ4v) is 2.90. The summed E-state index contributed by atoms with van der Waals surface area (Å²) < 4.78 is 5.34. The summed E-state index contributed by atoms with van der Waals surface area (Å²) in [6.07, 6.45) is 1.37. The molecular weight excluding hydrogens is 222 g/mol. The largest absolute Gasteiger partial charge is 0.380 e. The summed E-state index contributed by atoms with van der Waals surface area (Å²) in [7, 11) is 5.90. The molecule has 0 aromatic carbocycles. The smallest absolute Gasteiger partial charge is 0.107 e. The number of ether oxygens (including phenoxy) is 1. The number of rotatable bonds is 4. The second-order valence-electron chi connectivity index (χ2n) is 4.46. The first-order valence-corrected chi connectivity index (χ1v) is 6.42. The van der Waals surface area contributed by atoms with Gasteiger partial charge < -0.3 is 15.0 Å². The third-order valence-electron chi connectivity index (χ3n) is 2.80. The molecule has 0 aliphatic carbocycles. The zero-order valence-corrected chi connectivity index (χ0v) is 10.9. The van der Waals surface area contributed by atoms with Gasteiger partial charge in [-0.3, -0.25) is 0 Å². The molecule has 5 heteroatoms. The lowest BCUT2D eigenvalue weighted by Crippen LogP contribution is -2.16. The Morgan fingerprint density at radius 2 is 2.44 bits per heavy atom. The van der Waals surface area contributed by atoms with Gasteiger partial charge in [-0.25, -0.2) is 4.98 Å². The van der Waals surface area contributed by atoms with E-state index in [0.717, 1.165) is 19.5 Å². The van der Waals surface area contributed by atoms with Gasteiger partial charge in [-0.1, -0.05) is 0 Å². The van der Waals surface area contributed by atoms with E-state index in [1.54, 1.807) is 18.4 Å². The van der Waals surface area contributed by atoms with Crippen LogP contribution in [0.15, 0.2) is 5.38 Å². The third kappa shape index (κ3) is 2.79. The molecule has 2 rings (SSSR count). The van der Waals surface area contributed by atoms with Crippen molar-refractivity contribution in [3.8, 4) is 0 Å². The van der Waals surface area contributed by atoms with Crippen molar-refractivity contribution in [2.45, 2.75) is 25.1 Å². The highest BCUT2D eigenvalue weighted by atomic mass is 32.1. The first-order chi connectivity index (χ1) is 7.69. The van der Waals surface area contributed by atoms with E-state index in [0.29, 0.717) is 12.1 Å². The molecule has 0 radical (unpaired) electrons. The number of aromatic nitrogens is 1. The highest BCUT2D eigenvalue weighted by molar-refractivity contribution is 7.09. The van der Waals surface area contributed by atoms with Gasteiger partial charge in [-0.05, 0) is 20.5 Å². The molecule has 0 amide bonds. The molecule has 90 valence electrons. The molecule has 1 N–H and O–H groups in total. The Bertz CT molecular complexity index is 340. The maximum atomic E-state index is 5.34. The second kappa shape index (κ2) is 5.23. The van der Waals surface area contributed by atoms with E-state index in [4.69, 9.17) is 4.74 Å². The van der Waals surface area contributed by atoms with Crippen LogP contribution in [-0.2, 0) is 11.3 Å². The molecule has 0 bridgehead atoms. The molecule has 0 spiro atoms. The lowest BCUT2D eigenvalue weighted by molar-refractivity contribution is 0.117. The molecule has 2 unspecified atom stereocenters. The molecule has 1 aromatic heterocycles. The van der Waals surface area contributed by atoms with Crippen LogP contribution in [0.3, 0.4) is 0 Å². The van der Waals surface area contributed by atoms with Crippen molar-refractivity contribution in [2.75, 3.05) is 27.7 Å². The van der Waals surface area contributed by atoms with Gasteiger partial charge in [-0.15, -0.1) is 11.3 Å². The van der Waals surface area contributed by atoms with Crippen molar-refractivity contribution in [2.24, 2.45) is 0 Å². The van der Waals surface area contributed by atoms with Crippen molar-refractivity contribution in [1.82, 2.24) is 15.2 Å². The number of hydrogen-bond acceptors (Lipinski definition) is 5. The molecule has 4 nitrogen and oxygen atoms in total. The Hall–Kier alpha value is -0.490. The predicted octanol–water partition coefficient (Wildman–Crippen LogP) is 1.25. The summed E-state index contributed by atoms with van der Waals surface area (Å²) in [6, 6.07) is 0.372. The fraction of sp³-hybridized carbons (Fsp3) is 0.727. The second-order valence-corrected chi connectivity index (χ2v) is 5.40. The van der Waals surface area contributed by atoms with Crippen LogP contribution < -0.4 is 5.32 Å². The zero-order chi connectivity index (χ0) is 11.5. The van der Waals surface area contributed by atoms with Gasteiger partial charge in [0.25, 0.3) is 0 Å². The molecule has 1 saturated heterocycles. The van der Waals surface area contributed by atoms with Gasteiger partial charge >= 0.3 is 0 Å². The van der Waals surface area contributed by atoms with Gasteiger partial charge in [0.2, 0.25) is 0 Å². The third-order valence-corrected chi connectivity index (χ3v) is 3.65. The molecule has 1 aliphatic rings. The normalized spacial score (nSPS) is 25.5. The topological polar surface area (TPSA) is 37.4 Å². The SMILES string of the molecule is COC1CNC(c2csc(CN(C)C)n2)C1. The maximum absolute atomic E-state index is 5.34. The molecule has 1 fully saturated rings. The Kier molecular flexibility index (Phi) is 3.91. The van der Waals surface area contributed by atoms with E-state index in [1.165, 1.54) is 10.7 Å². The Morgan fingerprint density at radius 1 is 1.62 bits per heavy atom. The summed E-state index contributed by atoms with van der Waals surface area (Å²) in [5, 5.41) is 6.79. The van der Waals surface area contributed by atoms with Crippen LogP contribution in [0.5, 0.6) is 0 Å². The van der Waals surface area contributed by atoms with E-state index >= 15 is 0 Å². The average Bonchev–Trinajstić information content (AvgIpc) is 2.83. The molecule has 16 heavy (non-hydrogen) atoms. The van der Waals surface area contributed by atoms with Crippen LogP contribution in [0.25, 0.3) is 0 Å². The standard InChI is InChI=1S/C11H19N3OS/c1-14(2)6-11-13-10(7-16-11)9-4-8(15-3)5-12-9/h7-9,12H,4-6H2,1-3H3. The predicted molar refractivity (Wildman–Crippen MR) is 65.7 cm³/mol. The minimum absolute atomic E-state index is 0.337. The number of hydrogen-bond donors (Lipinski definition) is 1. The number of thiazole rings is 1. The van der Waals surface area contributed by atoms with Crippen molar-refractivity contribution >= 4 is 11.3 Å². The molecule has 1 aliphatic heterocycles. The monoisotopic (exact) mass is 241 g/mol. The lowest BCUT2D eigenvalue weighted by atomic mass is 10.1. The Labute approximate surface area is 101 Å². The molecule has 0 saturated carbocycles. The minimum atomic E-state index is 0.337. The van der Waals surface area contributed by atoms with Crippen LogP contribution in [0.4, 0.5) is 0 Å². The Morgan fingerprint density at radius 3 is 3.06 bits per heavy atom. The number of methoxy groups -OCH3 is 1.